The van der Waals surface area contributed by atoms with Gasteiger partial charge in [0.2, 0.25) is 0 Å². The van der Waals surface area contributed by atoms with Gasteiger partial charge in [-0.05, 0) is 18.8 Å². The fourth-order valence-corrected chi connectivity index (χ4v) is 2.01. The third-order valence-corrected chi connectivity index (χ3v) is 3.05. The summed E-state index contributed by atoms with van der Waals surface area (Å²) in [6, 6.07) is 0.625. The first kappa shape index (κ1) is 13.2. The number of nitrogens with zero attached hydrogens (tertiary/aromatic N) is 2. The summed E-state index contributed by atoms with van der Waals surface area (Å²) in [6.07, 6.45) is 4.51. The number of rotatable bonds is 6. The monoisotopic (exact) mass is 223 g/mol. The minimum atomic E-state index is 0.500. The maximum absolute atomic E-state index is 4.52. The maximum Gasteiger partial charge on any atom is 0.0694 e. The van der Waals surface area contributed by atoms with Crippen LogP contribution in [0.15, 0.2) is 6.20 Å². The molecular weight excluding hydrogens is 198 g/mol. The summed E-state index contributed by atoms with van der Waals surface area (Å²) in [5.41, 5.74) is 2.56. The Morgan fingerprint density at radius 2 is 1.94 bits per heavy atom. The van der Waals surface area contributed by atoms with Crippen LogP contribution in [-0.4, -0.2) is 15.8 Å². The van der Waals surface area contributed by atoms with Gasteiger partial charge in [0.05, 0.1) is 5.69 Å². The van der Waals surface area contributed by atoms with E-state index in [0.717, 1.165) is 6.54 Å². The van der Waals surface area contributed by atoms with E-state index >= 15 is 0 Å². The fourth-order valence-electron chi connectivity index (χ4n) is 2.01. The van der Waals surface area contributed by atoms with Gasteiger partial charge in [0, 0.05) is 31.4 Å². The Labute approximate surface area is 99.2 Å². The molecule has 16 heavy (non-hydrogen) atoms. The van der Waals surface area contributed by atoms with E-state index in [1.54, 1.807) is 0 Å². The van der Waals surface area contributed by atoms with E-state index < -0.39 is 0 Å². The molecule has 3 nitrogen and oxygen atoms in total. The number of aryl methyl sites for hydroxylation is 1. The molecule has 0 amide bonds. The number of nitrogens with one attached hydrogen (secondary N) is 1. The Hall–Kier alpha value is -0.830. The summed E-state index contributed by atoms with van der Waals surface area (Å²) in [4.78, 5) is 0. The molecule has 92 valence electrons. The third-order valence-electron chi connectivity index (χ3n) is 3.05. The summed E-state index contributed by atoms with van der Waals surface area (Å²) in [7, 11) is 1.99. The van der Waals surface area contributed by atoms with E-state index in [1.807, 2.05) is 11.7 Å². The van der Waals surface area contributed by atoms with Crippen molar-refractivity contribution in [3.63, 3.8) is 0 Å². The van der Waals surface area contributed by atoms with Crippen LogP contribution in [0.1, 0.15) is 57.7 Å². The van der Waals surface area contributed by atoms with E-state index in [4.69, 9.17) is 0 Å². The van der Waals surface area contributed by atoms with Crippen molar-refractivity contribution < 1.29 is 0 Å². The highest BCUT2D eigenvalue weighted by molar-refractivity contribution is 5.20. The van der Waals surface area contributed by atoms with Crippen molar-refractivity contribution in [3.8, 4) is 0 Å². The third kappa shape index (κ3) is 3.34. The predicted molar refractivity (Wildman–Crippen MR) is 68.5 cm³/mol. The van der Waals surface area contributed by atoms with Gasteiger partial charge in [0.25, 0.3) is 0 Å². The van der Waals surface area contributed by atoms with Gasteiger partial charge in [-0.2, -0.15) is 5.10 Å². The summed E-state index contributed by atoms with van der Waals surface area (Å²) < 4.78 is 1.92. The lowest BCUT2D eigenvalue weighted by atomic mass is 10.1. The zero-order chi connectivity index (χ0) is 12.1. The highest BCUT2D eigenvalue weighted by Crippen LogP contribution is 2.17. The molecule has 0 aliphatic carbocycles. The van der Waals surface area contributed by atoms with Gasteiger partial charge in [-0.15, -0.1) is 0 Å². The molecule has 0 aliphatic heterocycles. The van der Waals surface area contributed by atoms with Crippen LogP contribution in [0.2, 0.25) is 0 Å². The first-order chi connectivity index (χ1) is 7.58. The van der Waals surface area contributed by atoms with E-state index in [-0.39, 0.29) is 0 Å². The van der Waals surface area contributed by atoms with Gasteiger partial charge in [-0.3, -0.25) is 4.68 Å². The molecule has 0 aromatic carbocycles. The van der Waals surface area contributed by atoms with Gasteiger partial charge >= 0.3 is 0 Å². The average molecular weight is 223 g/mol. The first-order valence-electron chi connectivity index (χ1n) is 6.34. The van der Waals surface area contributed by atoms with E-state index in [1.165, 1.54) is 24.1 Å². The zero-order valence-electron chi connectivity index (χ0n) is 11.2. The Kier molecular flexibility index (Phi) is 5.00. The Bertz CT molecular complexity index is 311. The van der Waals surface area contributed by atoms with Crippen LogP contribution in [-0.2, 0) is 13.6 Å². The quantitative estimate of drug-likeness (QED) is 0.803. The summed E-state index contributed by atoms with van der Waals surface area (Å²) in [6.45, 7) is 9.79. The van der Waals surface area contributed by atoms with Gasteiger partial charge in [-0.1, -0.05) is 27.7 Å². The van der Waals surface area contributed by atoms with Crippen molar-refractivity contribution in [3.05, 3.63) is 17.5 Å². The molecule has 0 saturated carbocycles. The molecule has 1 aromatic heterocycles. The van der Waals surface area contributed by atoms with Crippen molar-refractivity contribution in [2.75, 3.05) is 0 Å². The van der Waals surface area contributed by atoms with Gasteiger partial charge in [-0.25, -0.2) is 0 Å². The molecule has 0 aliphatic rings. The van der Waals surface area contributed by atoms with Crippen LogP contribution in [0.5, 0.6) is 0 Å². The van der Waals surface area contributed by atoms with Gasteiger partial charge in [0.15, 0.2) is 0 Å². The van der Waals surface area contributed by atoms with E-state index in [2.05, 4.69) is 44.3 Å². The number of aromatic nitrogens is 2. The van der Waals surface area contributed by atoms with Crippen molar-refractivity contribution in [1.29, 1.82) is 0 Å². The van der Waals surface area contributed by atoms with E-state index in [0.29, 0.717) is 12.0 Å². The molecule has 0 spiro atoms. The average Bonchev–Trinajstić information content (AvgIpc) is 2.61. The second-order valence-corrected chi connectivity index (χ2v) is 4.76. The zero-order valence-corrected chi connectivity index (χ0v) is 11.2. The minimum absolute atomic E-state index is 0.500. The molecule has 1 heterocycles. The smallest absolute Gasteiger partial charge is 0.0694 e. The van der Waals surface area contributed by atoms with Crippen LogP contribution in [0.25, 0.3) is 0 Å². The predicted octanol–water partition coefficient (Wildman–Crippen LogP) is 2.82. The van der Waals surface area contributed by atoms with Crippen molar-refractivity contribution in [2.45, 2.75) is 59.0 Å². The molecule has 3 heteroatoms. The topological polar surface area (TPSA) is 29.9 Å². The molecule has 0 fully saturated rings. The van der Waals surface area contributed by atoms with Gasteiger partial charge in [0.1, 0.15) is 0 Å². The van der Waals surface area contributed by atoms with Crippen molar-refractivity contribution in [1.82, 2.24) is 15.1 Å². The highest BCUT2D eigenvalue weighted by atomic mass is 15.3. The highest BCUT2D eigenvalue weighted by Gasteiger charge is 2.12. The minimum Gasteiger partial charge on any atom is -0.310 e. The fraction of sp³-hybridized carbons (Fsp3) is 0.769. The van der Waals surface area contributed by atoms with Crippen molar-refractivity contribution >= 4 is 0 Å². The first-order valence-corrected chi connectivity index (χ1v) is 6.34. The second-order valence-electron chi connectivity index (χ2n) is 4.76. The molecule has 0 saturated heterocycles. The van der Waals surface area contributed by atoms with Gasteiger partial charge < -0.3 is 5.32 Å². The number of hydrogen-bond donors (Lipinski definition) is 1. The van der Waals surface area contributed by atoms with E-state index in [9.17, 15) is 0 Å². The molecule has 1 aromatic rings. The molecule has 0 unspecified atom stereocenters. The SMILES string of the molecule is CCC(CC)NCc1cn(C)nc1C(C)C. The lowest BCUT2D eigenvalue weighted by Crippen LogP contribution is -2.27. The molecule has 0 atom stereocenters. The molecule has 1 N–H and O–H groups in total. The Balaban J connectivity index is 2.65. The summed E-state index contributed by atoms with van der Waals surface area (Å²) in [5, 5.41) is 8.11. The molecule has 1 rings (SSSR count). The largest absolute Gasteiger partial charge is 0.310 e. The molecule has 0 radical (unpaired) electrons. The van der Waals surface area contributed by atoms with Crippen molar-refractivity contribution in [2.24, 2.45) is 7.05 Å². The number of hydrogen-bond acceptors (Lipinski definition) is 2. The Morgan fingerprint density at radius 1 is 1.31 bits per heavy atom. The molecular formula is C13H25N3. The lowest BCUT2D eigenvalue weighted by Gasteiger charge is -2.14. The van der Waals surface area contributed by atoms with Crippen LogP contribution in [0.4, 0.5) is 0 Å². The molecule has 0 bridgehead atoms. The van der Waals surface area contributed by atoms with Crippen LogP contribution >= 0.6 is 0 Å². The summed E-state index contributed by atoms with van der Waals surface area (Å²) in [5.74, 6) is 0.500. The normalized spacial score (nSPS) is 11.7. The van der Waals surface area contributed by atoms with Crippen LogP contribution < -0.4 is 5.32 Å². The Morgan fingerprint density at radius 3 is 2.44 bits per heavy atom. The van der Waals surface area contributed by atoms with Crippen LogP contribution in [0, 0.1) is 0 Å². The second kappa shape index (κ2) is 6.04. The lowest BCUT2D eigenvalue weighted by molar-refractivity contribution is 0.482. The standard InChI is InChI=1S/C13H25N3/c1-6-12(7-2)14-8-11-9-16(5)15-13(11)10(3)4/h9-10,12,14H,6-8H2,1-5H3. The summed E-state index contributed by atoms with van der Waals surface area (Å²) >= 11 is 0. The maximum atomic E-state index is 4.52. The van der Waals surface area contributed by atoms with Crippen LogP contribution in [0.3, 0.4) is 0 Å².